The molecule has 0 fully saturated rings. The van der Waals surface area contributed by atoms with E-state index in [1.54, 1.807) is 30.3 Å². The van der Waals surface area contributed by atoms with E-state index in [4.69, 9.17) is 9.88 Å². The number of unbranched alkanes of at least 4 members (excludes halogenated alkanes) is 5. The summed E-state index contributed by atoms with van der Waals surface area (Å²) in [6.45, 7) is 2.32. The number of hydrogen-bond acceptors (Lipinski definition) is 7. The van der Waals surface area contributed by atoms with E-state index in [9.17, 15) is 27.9 Å². The van der Waals surface area contributed by atoms with Crippen molar-refractivity contribution >= 4 is 33.5 Å². The van der Waals surface area contributed by atoms with Gasteiger partial charge in [0.15, 0.2) is 6.04 Å². The maximum atomic E-state index is 12.8. The predicted molar refractivity (Wildman–Crippen MR) is 143 cm³/mol. The molecule has 0 saturated heterocycles. The zero-order valence-electron chi connectivity index (χ0n) is 21.6. The van der Waals surface area contributed by atoms with Crippen molar-refractivity contribution in [1.82, 2.24) is 5.32 Å². The Morgan fingerprint density at radius 3 is 2.13 bits per heavy atom. The van der Waals surface area contributed by atoms with Crippen LogP contribution in [-0.2, 0) is 29.1 Å². The highest BCUT2D eigenvalue weighted by Crippen LogP contribution is 2.19. The van der Waals surface area contributed by atoms with Crippen molar-refractivity contribution < 1.29 is 32.6 Å². The molecule has 2 atom stereocenters. The van der Waals surface area contributed by atoms with E-state index in [1.165, 1.54) is 30.7 Å². The van der Waals surface area contributed by atoms with Gasteiger partial charge >= 0.3 is 5.97 Å². The molecule has 0 aliphatic carbocycles. The lowest BCUT2D eigenvalue weighted by atomic mass is 10.0. The number of hydrogen-bond donors (Lipinski definition) is 4. The van der Waals surface area contributed by atoms with Gasteiger partial charge in [0.05, 0.1) is 11.5 Å². The normalized spacial score (nSPS) is 12.8. The molecule has 10 nitrogen and oxygen atoms in total. The highest BCUT2D eigenvalue weighted by molar-refractivity contribution is 7.89. The third kappa shape index (κ3) is 11.0. The van der Waals surface area contributed by atoms with Crippen LogP contribution in [0, 0.1) is 0 Å². The monoisotopic (exact) mass is 547 g/mol. The summed E-state index contributed by atoms with van der Waals surface area (Å²) in [6, 6.07) is 12.4. The molecule has 38 heavy (non-hydrogen) atoms. The summed E-state index contributed by atoms with van der Waals surface area (Å²) in [5, 5.41) is 20.9. The van der Waals surface area contributed by atoms with Crippen molar-refractivity contribution in [3.8, 4) is 0 Å². The van der Waals surface area contributed by atoms with Crippen LogP contribution in [0.15, 0.2) is 59.5 Å². The summed E-state index contributed by atoms with van der Waals surface area (Å²) in [7, 11) is -3.85. The quantitative estimate of drug-likeness (QED) is 0.185. The Morgan fingerprint density at radius 2 is 1.50 bits per heavy atom. The van der Waals surface area contributed by atoms with Crippen molar-refractivity contribution in [2.75, 3.05) is 11.9 Å². The number of carbonyl (C=O) groups excluding carboxylic acids is 3. The molecule has 0 aromatic heterocycles. The number of rotatable bonds is 16. The van der Waals surface area contributed by atoms with Gasteiger partial charge in [-0.05, 0) is 36.2 Å². The second-order valence-electron chi connectivity index (χ2n) is 8.95. The zero-order valence-corrected chi connectivity index (χ0v) is 22.4. The summed E-state index contributed by atoms with van der Waals surface area (Å²) < 4.78 is 28.0. The lowest BCUT2D eigenvalue weighted by Crippen LogP contribution is -2.46. The van der Waals surface area contributed by atoms with E-state index in [0.717, 1.165) is 25.7 Å². The minimum absolute atomic E-state index is 0.0960. The number of anilines is 1. The lowest BCUT2D eigenvalue weighted by Gasteiger charge is -2.23. The highest BCUT2D eigenvalue weighted by atomic mass is 32.2. The fourth-order valence-electron chi connectivity index (χ4n) is 3.68. The summed E-state index contributed by atoms with van der Waals surface area (Å²) in [4.78, 5) is 37.5. The number of ether oxygens (including phenoxy) is 1. The van der Waals surface area contributed by atoms with Crippen LogP contribution in [0.2, 0.25) is 0 Å². The average molecular weight is 548 g/mol. The number of aliphatic hydroxyl groups excluding tert-OH is 1. The van der Waals surface area contributed by atoms with Gasteiger partial charge < -0.3 is 20.5 Å². The molecule has 0 heterocycles. The van der Waals surface area contributed by atoms with Gasteiger partial charge in [-0.1, -0.05) is 69.4 Å². The molecule has 0 radical (unpaired) electrons. The smallest absolute Gasteiger partial charge is 0.331 e. The zero-order chi connectivity index (χ0) is 28.0. The second-order valence-corrected chi connectivity index (χ2v) is 10.5. The molecule has 2 aromatic carbocycles. The minimum Gasteiger partial charge on any atom is -0.464 e. The Hall–Kier alpha value is -3.28. The number of aliphatic hydroxyl groups is 1. The first kappa shape index (κ1) is 30.9. The fourth-order valence-corrected chi connectivity index (χ4v) is 4.19. The molecule has 11 heteroatoms. The molecule has 0 spiro atoms. The second kappa shape index (κ2) is 15.9. The standard InChI is InChI=1S/C27H37N3O7S/c1-2-3-4-5-6-10-19-37-27(34)25(26(33)20-11-8-7-9-12-20)30-24(32)18-17-23(31)29-21-13-15-22(16-14-21)38(28,35)36/h7-9,11-16,25-26,33H,2-6,10,17-19H2,1H3,(H,29,31)(H,30,32)(H2,28,35,36)/t25-,26-/m1/s1. The highest BCUT2D eigenvalue weighted by Gasteiger charge is 2.31. The molecule has 2 rings (SSSR count). The van der Waals surface area contributed by atoms with Crippen molar-refractivity contribution in [3.63, 3.8) is 0 Å². The Bertz CT molecular complexity index is 1140. The third-order valence-corrected chi connectivity index (χ3v) is 6.74. The minimum atomic E-state index is -3.85. The topological polar surface area (TPSA) is 165 Å². The van der Waals surface area contributed by atoms with Gasteiger partial charge in [-0.15, -0.1) is 0 Å². The number of carbonyl (C=O) groups is 3. The van der Waals surface area contributed by atoms with Crippen LogP contribution in [0.25, 0.3) is 0 Å². The largest absolute Gasteiger partial charge is 0.464 e. The molecule has 2 aromatic rings. The third-order valence-electron chi connectivity index (χ3n) is 5.82. The molecule has 0 aliphatic rings. The number of sulfonamides is 1. The maximum absolute atomic E-state index is 12.8. The number of benzene rings is 2. The van der Waals surface area contributed by atoms with E-state index in [2.05, 4.69) is 17.6 Å². The van der Waals surface area contributed by atoms with Crippen LogP contribution in [-0.4, -0.2) is 44.0 Å². The fraction of sp³-hybridized carbons (Fsp3) is 0.444. The molecule has 0 saturated carbocycles. The average Bonchev–Trinajstić information content (AvgIpc) is 2.90. The van der Waals surface area contributed by atoms with E-state index in [1.807, 2.05) is 0 Å². The molecule has 208 valence electrons. The first-order chi connectivity index (χ1) is 18.1. The molecule has 0 aliphatic heterocycles. The van der Waals surface area contributed by atoms with Crippen LogP contribution < -0.4 is 15.8 Å². The van der Waals surface area contributed by atoms with Crippen LogP contribution in [0.1, 0.15) is 70.0 Å². The first-order valence-electron chi connectivity index (χ1n) is 12.7. The van der Waals surface area contributed by atoms with Crippen molar-refractivity contribution in [2.45, 2.75) is 75.3 Å². The first-order valence-corrected chi connectivity index (χ1v) is 14.3. The maximum Gasteiger partial charge on any atom is 0.331 e. The summed E-state index contributed by atoms with van der Waals surface area (Å²) in [5.74, 6) is -1.85. The van der Waals surface area contributed by atoms with Crippen molar-refractivity contribution in [3.05, 3.63) is 60.2 Å². The van der Waals surface area contributed by atoms with Crippen LogP contribution >= 0.6 is 0 Å². The summed E-state index contributed by atoms with van der Waals surface area (Å²) >= 11 is 0. The predicted octanol–water partition coefficient (Wildman–Crippen LogP) is 3.17. The number of primary sulfonamides is 1. The van der Waals surface area contributed by atoms with Crippen molar-refractivity contribution in [1.29, 1.82) is 0 Å². The van der Waals surface area contributed by atoms with Crippen LogP contribution in [0.4, 0.5) is 5.69 Å². The summed E-state index contributed by atoms with van der Waals surface area (Å²) in [6.07, 6.45) is 4.32. The molecular weight excluding hydrogens is 510 g/mol. The number of nitrogens with two attached hydrogens (primary N) is 1. The van der Waals surface area contributed by atoms with Gasteiger partial charge in [-0.2, -0.15) is 0 Å². The molecule has 0 unspecified atom stereocenters. The van der Waals surface area contributed by atoms with E-state index >= 15 is 0 Å². The Kier molecular flexibility index (Phi) is 12.9. The van der Waals surface area contributed by atoms with Crippen LogP contribution in [0.3, 0.4) is 0 Å². The van der Waals surface area contributed by atoms with Gasteiger partial charge in [0.1, 0.15) is 6.10 Å². The Morgan fingerprint density at radius 1 is 0.895 bits per heavy atom. The van der Waals surface area contributed by atoms with E-state index in [0.29, 0.717) is 17.7 Å². The number of amides is 2. The lowest BCUT2D eigenvalue weighted by molar-refractivity contribution is -0.151. The van der Waals surface area contributed by atoms with E-state index < -0.39 is 40.0 Å². The Labute approximate surface area is 224 Å². The van der Waals surface area contributed by atoms with E-state index in [-0.39, 0.29) is 24.3 Å². The van der Waals surface area contributed by atoms with Crippen molar-refractivity contribution in [2.24, 2.45) is 5.14 Å². The summed E-state index contributed by atoms with van der Waals surface area (Å²) in [5.41, 5.74) is 0.772. The molecule has 2 amide bonds. The molecule has 5 N–H and O–H groups in total. The number of esters is 1. The molecular formula is C27H37N3O7S. The molecule has 0 bridgehead atoms. The van der Waals surface area contributed by atoms with Gasteiger partial charge in [0.25, 0.3) is 0 Å². The Balaban J connectivity index is 1.91. The van der Waals surface area contributed by atoms with Gasteiger partial charge in [0, 0.05) is 18.5 Å². The van der Waals surface area contributed by atoms with Gasteiger partial charge in [-0.25, -0.2) is 18.4 Å². The SMILES string of the molecule is CCCCCCCCOC(=O)[C@H](NC(=O)CCC(=O)Nc1ccc(S(N)(=O)=O)cc1)[C@H](O)c1ccccc1. The van der Waals surface area contributed by atoms with Gasteiger partial charge in [0.2, 0.25) is 21.8 Å². The number of nitrogens with one attached hydrogen (secondary N) is 2. The van der Waals surface area contributed by atoms with Gasteiger partial charge in [-0.3, -0.25) is 9.59 Å². The van der Waals surface area contributed by atoms with Crippen LogP contribution in [0.5, 0.6) is 0 Å².